The van der Waals surface area contributed by atoms with Crippen LogP contribution in [0.1, 0.15) is 24.0 Å². The van der Waals surface area contributed by atoms with Gasteiger partial charge >= 0.3 is 0 Å². The summed E-state index contributed by atoms with van der Waals surface area (Å²) in [5, 5.41) is 3.24. The molecule has 0 unspecified atom stereocenters. The van der Waals surface area contributed by atoms with Crippen molar-refractivity contribution in [3.63, 3.8) is 0 Å². The largest absolute Gasteiger partial charge is 0.359 e. The average Bonchev–Trinajstić information content (AvgIpc) is 2.81. The third kappa shape index (κ3) is 4.55. The number of nitrogens with one attached hydrogen (secondary N) is 2. The highest BCUT2D eigenvalue weighted by molar-refractivity contribution is 6.00. The molecule has 154 valence electrons. The number of likely N-dealkylation sites (N-methyl/N-ethyl adjacent to an activating group) is 1. The number of hydrogen-bond donors (Lipinski definition) is 2. The van der Waals surface area contributed by atoms with E-state index >= 15 is 0 Å². The van der Waals surface area contributed by atoms with Crippen molar-refractivity contribution in [2.75, 3.05) is 42.9 Å². The van der Waals surface area contributed by atoms with E-state index in [2.05, 4.69) is 29.3 Å². The molecule has 0 aromatic heterocycles. The number of rotatable bonds is 6. The van der Waals surface area contributed by atoms with Gasteiger partial charge in [0.15, 0.2) is 0 Å². The maximum atomic E-state index is 13.5. The second-order valence-electron chi connectivity index (χ2n) is 7.85. The lowest BCUT2D eigenvalue weighted by atomic mass is 9.90. The van der Waals surface area contributed by atoms with Crippen LogP contribution in [0.15, 0.2) is 84.9 Å². The third-order valence-electron chi connectivity index (χ3n) is 6.00. The van der Waals surface area contributed by atoms with Crippen molar-refractivity contribution in [1.29, 1.82) is 0 Å². The number of piperazine rings is 1. The number of para-hydroxylation sites is 2. The zero-order valence-corrected chi connectivity index (χ0v) is 17.6. The molecule has 4 rings (SSSR count). The van der Waals surface area contributed by atoms with Crippen molar-refractivity contribution in [2.45, 2.75) is 12.8 Å². The van der Waals surface area contributed by atoms with Crippen molar-refractivity contribution >= 4 is 17.3 Å². The first-order chi connectivity index (χ1) is 14.8. The van der Waals surface area contributed by atoms with Crippen LogP contribution in [0.2, 0.25) is 0 Å². The highest BCUT2D eigenvalue weighted by atomic mass is 16.1. The number of benzene rings is 3. The maximum Gasteiger partial charge on any atom is 0.236 e. The summed E-state index contributed by atoms with van der Waals surface area (Å²) >= 11 is 0. The van der Waals surface area contributed by atoms with E-state index in [0.717, 1.165) is 48.7 Å². The van der Waals surface area contributed by atoms with Crippen LogP contribution in [0.25, 0.3) is 0 Å². The summed E-state index contributed by atoms with van der Waals surface area (Å²) in [6, 6.07) is 28.2. The van der Waals surface area contributed by atoms with Crippen LogP contribution in [0.3, 0.4) is 0 Å². The fourth-order valence-corrected chi connectivity index (χ4v) is 4.26. The minimum absolute atomic E-state index is 0.00216. The van der Waals surface area contributed by atoms with Crippen molar-refractivity contribution in [1.82, 2.24) is 0 Å². The Labute approximate surface area is 179 Å². The minimum Gasteiger partial charge on any atom is -0.359 e. The molecule has 0 aliphatic carbocycles. The van der Waals surface area contributed by atoms with E-state index in [4.69, 9.17) is 0 Å². The highest BCUT2D eigenvalue weighted by Gasteiger charge is 2.25. The summed E-state index contributed by atoms with van der Waals surface area (Å²) in [4.78, 5) is 17.6. The van der Waals surface area contributed by atoms with Gasteiger partial charge in [-0.2, -0.15) is 0 Å². The molecule has 1 saturated heterocycles. The molecular formula is C26H30N3O+. The molecule has 4 heteroatoms. The maximum absolute atomic E-state index is 13.5. The summed E-state index contributed by atoms with van der Waals surface area (Å²) in [7, 11) is 0. The molecule has 3 aromatic carbocycles. The van der Waals surface area contributed by atoms with E-state index < -0.39 is 0 Å². The summed E-state index contributed by atoms with van der Waals surface area (Å²) in [5.74, 6) is -0.348. The third-order valence-corrected chi connectivity index (χ3v) is 6.00. The molecule has 0 bridgehead atoms. The van der Waals surface area contributed by atoms with E-state index in [1.165, 1.54) is 6.54 Å². The molecule has 1 aliphatic heterocycles. The molecule has 0 atom stereocenters. The summed E-state index contributed by atoms with van der Waals surface area (Å²) in [5.41, 5.74) is 4.00. The van der Waals surface area contributed by atoms with Crippen LogP contribution >= 0.6 is 0 Å². The predicted molar refractivity (Wildman–Crippen MR) is 123 cm³/mol. The molecule has 30 heavy (non-hydrogen) atoms. The van der Waals surface area contributed by atoms with Gasteiger partial charge in [-0.25, -0.2) is 0 Å². The molecule has 0 spiro atoms. The Morgan fingerprint density at radius 1 is 0.867 bits per heavy atom. The minimum atomic E-state index is -0.346. The molecule has 0 radical (unpaired) electrons. The molecule has 4 nitrogen and oxygen atoms in total. The Balaban J connectivity index is 1.59. The van der Waals surface area contributed by atoms with Crippen LogP contribution in [-0.4, -0.2) is 38.6 Å². The first-order valence-corrected chi connectivity index (χ1v) is 10.8. The van der Waals surface area contributed by atoms with Gasteiger partial charge in [-0.1, -0.05) is 72.8 Å². The summed E-state index contributed by atoms with van der Waals surface area (Å²) in [6.07, 6.45) is 0. The molecule has 1 amide bonds. The number of quaternary nitrogens is 1. The first-order valence-electron chi connectivity index (χ1n) is 10.8. The first kappa shape index (κ1) is 20.2. The number of amides is 1. The molecular weight excluding hydrogens is 370 g/mol. The van der Waals surface area contributed by atoms with Crippen molar-refractivity contribution in [2.24, 2.45) is 0 Å². The van der Waals surface area contributed by atoms with Gasteiger partial charge < -0.3 is 15.1 Å². The Morgan fingerprint density at radius 2 is 1.40 bits per heavy atom. The van der Waals surface area contributed by atoms with Gasteiger partial charge in [-0.05, 0) is 30.2 Å². The van der Waals surface area contributed by atoms with Gasteiger partial charge in [0.25, 0.3) is 0 Å². The number of hydrogen-bond acceptors (Lipinski definition) is 2. The van der Waals surface area contributed by atoms with Crippen LogP contribution in [0.5, 0.6) is 0 Å². The van der Waals surface area contributed by atoms with Crippen LogP contribution in [-0.2, 0) is 4.79 Å². The Hall–Kier alpha value is -3.11. The topological polar surface area (TPSA) is 36.8 Å². The van der Waals surface area contributed by atoms with Gasteiger partial charge in [-0.15, -0.1) is 0 Å². The molecule has 3 aromatic rings. The van der Waals surface area contributed by atoms with Gasteiger partial charge in [0.05, 0.1) is 50.0 Å². The van der Waals surface area contributed by atoms with Crippen molar-refractivity contribution in [3.05, 3.63) is 96.1 Å². The average molecular weight is 401 g/mol. The summed E-state index contributed by atoms with van der Waals surface area (Å²) < 4.78 is 0. The zero-order chi connectivity index (χ0) is 20.8. The van der Waals surface area contributed by atoms with Crippen molar-refractivity contribution in [3.8, 4) is 0 Å². The van der Waals surface area contributed by atoms with Crippen molar-refractivity contribution < 1.29 is 9.69 Å². The number of anilines is 2. The van der Waals surface area contributed by atoms with E-state index in [0.29, 0.717) is 0 Å². The lowest BCUT2D eigenvalue weighted by Gasteiger charge is -2.34. The van der Waals surface area contributed by atoms with Crippen LogP contribution in [0.4, 0.5) is 11.4 Å². The number of carbonyl (C=O) groups excluding carboxylic acids is 1. The summed E-state index contributed by atoms with van der Waals surface area (Å²) in [6.45, 7) is 7.70. The standard InChI is InChI=1S/C26H29N3O/c1-2-28-17-19-29(20-18-28)24-16-10-9-15-23(24)27-26(30)25(21-11-5-3-6-12-21)22-13-7-4-8-14-22/h3-16,25H,2,17-20H2,1H3,(H,27,30)/p+1. The fraction of sp³-hybridized carbons (Fsp3) is 0.269. The normalized spacial score (nSPS) is 14.7. The van der Waals surface area contributed by atoms with E-state index in [1.807, 2.05) is 72.8 Å². The Morgan fingerprint density at radius 3 is 1.97 bits per heavy atom. The van der Waals surface area contributed by atoms with Gasteiger partial charge in [-0.3, -0.25) is 4.79 Å². The molecule has 1 fully saturated rings. The van der Waals surface area contributed by atoms with Crippen LogP contribution in [0, 0.1) is 0 Å². The highest BCUT2D eigenvalue weighted by Crippen LogP contribution is 2.30. The molecule has 2 N–H and O–H groups in total. The molecule has 1 aliphatic rings. The SMILES string of the molecule is CC[NH+]1CCN(c2ccccc2NC(=O)C(c2ccccc2)c2ccccc2)CC1. The Bertz CT molecular complexity index is 911. The van der Waals surface area contributed by atoms with Gasteiger partial charge in [0.1, 0.15) is 0 Å². The molecule has 1 heterocycles. The lowest BCUT2D eigenvalue weighted by Crippen LogP contribution is -3.14. The van der Waals surface area contributed by atoms with Crippen LogP contribution < -0.4 is 15.1 Å². The second-order valence-corrected chi connectivity index (χ2v) is 7.85. The Kier molecular flexibility index (Phi) is 6.45. The van der Waals surface area contributed by atoms with E-state index in [-0.39, 0.29) is 11.8 Å². The number of carbonyl (C=O) groups is 1. The van der Waals surface area contributed by atoms with E-state index in [1.54, 1.807) is 4.90 Å². The second kappa shape index (κ2) is 9.59. The van der Waals surface area contributed by atoms with Gasteiger partial charge in [0, 0.05) is 0 Å². The zero-order valence-electron chi connectivity index (χ0n) is 17.6. The predicted octanol–water partition coefficient (Wildman–Crippen LogP) is 3.18. The quantitative estimate of drug-likeness (QED) is 0.667. The smallest absolute Gasteiger partial charge is 0.236 e. The fourth-order valence-electron chi connectivity index (χ4n) is 4.26. The monoisotopic (exact) mass is 400 g/mol. The molecule has 0 saturated carbocycles. The van der Waals surface area contributed by atoms with E-state index in [9.17, 15) is 4.79 Å². The number of nitrogens with zero attached hydrogens (tertiary/aromatic N) is 1. The van der Waals surface area contributed by atoms with Gasteiger partial charge in [0.2, 0.25) is 5.91 Å². The lowest BCUT2D eigenvalue weighted by molar-refractivity contribution is -0.898.